The molecular formula is C28H26Cl2NiP2+2. The molecule has 0 radical (unpaired) electrons. The van der Waals surface area contributed by atoms with Crippen LogP contribution in [0.15, 0.2) is 121 Å². The van der Waals surface area contributed by atoms with E-state index in [1.807, 2.05) is 0 Å². The summed E-state index contributed by atoms with van der Waals surface area (Å²) in [5.41, 5.74) is 0.830. The fourth-order valence-corrected chi connectivity index (χ4v) is 21.7. The minimum atomic E-state index is -1.47. The maximum atomic E-state index is 2.42. The normalized spacial score (nSPS) is 20.8. The molecule has 0 amide bonds. The van der Waals surface area contributed by atoms with Crippen molar-refractivity contribution in [1.29, 1.82) is 0 Å². The standard InChI is InChI=1S/C28H26P2.2ClH.Ni/c1-5-13-23(14-6-1)29(24-15-7-2-8-16-24)22-21-27-28(29)30(27,25-17-9-3-10-18-25)26-19-11-4-12-20-26;;;/h1-20,27-28H,21-22H2;2*1H;/q+2;;;+2/p-2. The first-order valence-corrected chi connectivity index (χ1v) is 14.8. The van der Waals surface area contributed by atoms with Crippen LogP contribution in [0.2, 0.25) is 0 Å². The van der Waals surface area contributed by atoms with Gasteiger partial charge in [-0.05, 0) is 48.5 Å². The van der Waals surface area contributed by atoms with Crippen LogP contribution in [0.4, 0.5) is 0 Å². The van der Waals surface area contributed by atoms with E-state index in [0.717, 1.165) is 11.1 Å². The van der Waals surface area contributed by atoms with Gasteiger partial charge >= 0.3 is 16.5 Å². The topological polar surface area (TPSA) is 0 Å². The summed E-state index contributed by atoms with van der Waals surface area (Å²) in [4.78, 5) is 0. The van der Waals surface area contributed by atoms with Gasteiger partial charge in [0.2, 0.25) is 5.40 Å². The van der Waals surface area contributed by atoms with E-state index in [2.05, 4.69) is 121 Å². The van der Waals surface area contributed by atoms with Crippen molar-refractivity contribution in [1.82, 2.24) is 0 Å². The minimum Gasteiger partial charge on any atom is -1.00 e. The van der Waals surface area contributed by atoms with E-state index < -0.39 is 14.5 Å². The molecule has 5 heteroatoms. The summed E-state index contributed by atoms with van der Waals surface area (Å²) in [5, 5.41) is 7.23. The van der Waals surface area contributed by atoms with Gasteiger partial charge in [-0.3, -0.25) is 0 Å². The number of benzene rings is 4. The van der Waals surface area contributed by atoms with Crippen LogP contribution in [-0.2, 0) is 16.5 Å². The Morgan fingerprint density at radius 3 is 1.18 bits per heavy atom. The van der Waals surface area contributed by atoms with E-state index in [1.54, 1.807) is 21.2 Å². The Kier molecular flexibility index (Phi) is 8.49. The van der Waals surface area contributed by atoms with Crippen LogP contribution in [0.3, 0.4) is 0 Å². The third kappa shape index (κ3) is 3.92. The van der Waals surface area contributed by atoms with Gasteiger partial charge in [0.05, 0.1) is 6.16 Å². The van der Waals surface area contributed by atoms with Gasteiger partial charge in [0.25, 0.3) is 0 Å². The van der Waals surface area contributed by atoms with Crippen molar-refractivity contribution in [2.45, 2.75) is 17.5 Å². The van der Waals surface area contributed by atoms with Gasteiger partial charge in [0, 0.05) is 6.42 Å². The van der Waals surface area contributed by atoms with Crippen molar-refractivity contribution in [3.05, 3.63) is 121 Å². The third-order valence-corrected chi connectivity index (χ3v) is 19.2. The van der Waals surface area contributed by atoms with Gasteiger partial charge in [0.15, 0.2) is 5.66 Å². The van der Waals surface area contributed by atoms with E-state index >= 15 is 0 Å². The van der Waals surface area contributed by atoms with E-state index in [9.17, 15) is 0 Å². The Morgan fingerprint density at radius 2 is 0.818 bits per heavy atom. The molecule has 6 rings (SSSR count). The molecule has 4 aromatic rings. The van der Waals surface area contributed by atoms with Crippen molar-refractivity contribution in [2.24, 2.45) is 0 Å². The number of hydrogen-bond donors (Lipinski definition) is 0. The Hall–Kier alpha value is -1.19. The summed E-state index contributed by atoms with van der Waals surface area (Å²) >= 11 is 0. The number of hydrogen-bond acceptors (Lipinski definition) is 0. The van der Waals surface area contributed by atoms with Crippen molar-refractivity contribution in [3.8, 4) is 0 Å². The smallest absolute Gasteiger partial charge is 1.00 e. The quantitative estimate of drug-likeness (QED) is 0.235. The zero-order valence-electron chi connectivity index (χ0n) is 18.1. The average Bonchev–Trinajstić information content (AvgIpc) is 3.35. The average molecular weight is 554 g/mol. The molecule has 0 nitrogen and oxygen atoms in total. The maximum absolute atomic E-state index is 2.42. The molecule has 4 aromatic carbocycles. The molecular weight excluding hydrogens is 528 g/mol. The Labute approximate surface area is 221 Å². The molecule has 2 unspecified atom stereocenters. The van der Waals surface area contributed by atoms with Gasteiger partial charge in [-0.2, -0.15) is 0 Å². The number of fused-ring (bicyclic) bond motifs is 1. The van der Waals surface area contributed by atoms with Gasteiger partial charge in [-0.25, -0.2) is 0 Å². The summed E-state index contributed by atoms with van der Waals surface area (Å²) in [6.45, 7) is 0. The fraction of sp³-hybridized carbons (Fsp3) is 0.143. The van der Waals surface area contributed by atoms with E-state index in [4.69, 9.17) is 0 Å². The number of rotatable bonds is 4. The first kappa shape index (κ1) is 26.4. The summed E-state index contributed by atoms with van der Waals surface area (Å²) in [5.74, 6) is 0. The van der Waals surface area contributed by atoms with Crippen LogP contribution in [-0.4, -0.2) is 17.2 Å². The first-order chi connectivity index (χ1) is 14.9. The molecule has 2 saturated heterocycles. The van der Waals surface area contributed by atoms with Crippen molar-refractivity contribution < 1.29 is 41.3 Å². The summed E-state index contributed by atoms with van der Waals surface area (Å²) in [6.07, 6.45) is 2.72. The van der Waals surface area contributed by atoms with Crippen LogP contribution in [0.1, 0.15) is 6.42 Å². The summed E-state index contributed by atoms with van der Waals surface area (Å²) in [7, 11) is -2.89. The van der Waals surface area contributed by atoms with E-state index in [1.165, 1.54) is 12.6 Å². The van der Waals surface area contributed by atoms with Crippen molar-refractivity contribution in [3.63, 3.8) is 0 Å². The van der Waals surface area contributed by atoms with Gasteiger partial charge in [-0.15, -0.1) is 0 Å². The summed E-state index contributed by atoms with van der Waals surface area (Å²) in [6, 6.07) is 46.0. The fourth-order valence-electron chi connectivity index (χ4n) is 6.10. The molecule has 2 heterocycles. The molecule has 0 aromatic heterocycles. The zero-order valence-corrected chi connectivity index (χ0v) is 22.4. The predicted molar refractivity (Wildman–Crippen MR) is 135 cm³/mol. The van der Waals surface area contributed by atoms with Crippen LogP contribution < -0.4 is 46.0 Å². The molecule has 0 N–H and O–H groups in total. The molecule has 2 aliphatic heterocycles. The predicted octanol–water partition coefficient (Wildman–Crippen LogP) is -0.559. The van der Waals surface area contributed by atoms with Crippen LogP contribution >= 0.6 is 14.5 Å². The third-order valence-electron chi connectivity index (χ3n) is 7.22. The first-order valence-electron chi connectivity index (χ1n) is 10.9. The van der Waals surface area contributed by atoms with E-state index in [-0.39, 0.29) is 41.3 Å². The Bertz CT molecular complexity index is 1080. The second-order valence-corrected chi connectivity index (χ2v) is 16.5. The molecule has 0 spiro atoms. The largest absolute Gasteiger partial charge is 2.00 e. The van der Waals surface area contributed by atoms with E-state index in [0.29, 0.717) is 0 Å². The molecule has 2 atom stereocenters. The van der Waals surface area contributed by atoms with Crippen molar-refractivity contribution in [2.75, 3.05) is 6.16 Å². The molecule has 2 aliphatic rings. The summed E-state index contributed by atoms with van der Waals surface area (Å²) < 4.78 is 0. The van der Waals surface area contributed by atoms with Crippen LogP contribution in [0.5, 0.6) is 0 Å². The SMILES string of the molecule is [Cl-].[Cl-].[Ni+2].c1ccc([P+]2(c3ccccc3)CCC3C2[P+]3(c2ccccc2)c2ccccc2)cc1. The maximum Gasteiger partial charge on any atom is 2.00 e. The molecule has 0 saturated carbocycles. The monoisotopic (exact) mass is 552 g/mol. The second-order valence-electron chi connectivity index (χ2n) is 8.48. The molecule has 33 heavy (non-hydrogen) atoms. The van der Waals surface area contributed by atoms with Gasteiger partial charge in [-0.1, -0.05) is 72.8 Å². The Morgan fingerprint density at radius 1 is 0.485 bits per heavy atom. The van der Waals surface area contributed by atoms with Crippen molar-refractivity contribution >= 4 is 35.7 Å². The minimum absolute atomic E-state index is 0. The molecule has 170 valence electrons. The van der Waals surface area contributed by atoms with Crippen LogP contribution in [0.25, 0.3) is 0 Å². The zero-order chi connectivity index (χ0) is 20.0. The molecule has 2 fully saturated rings. The second kappa shape index (κ2) is 10.6. The number of halogens is 2. The van der Waals surface area contributed by atoms with Crippen LogP contribution in [0, 0.1) is 0 Å². The molecule has 0 aliphatic carbocycles. The molecule has 0 bridgehead atoms. The van der Waals surface area contributed by atoms with Gasteiger partial charge < -0.3 is 24.8 Å². The Balaban J connectivity index is 0.00000102. The van der Waals surface area contributed by atoms with Gasteiger partial charge in [0.1, 0.15) is 35.7 Å².